The van der Waals surface area contributed by atoms with Crippen LogP contribution in [0.25, 0.3) is 0 Å². The molecule has 0 aromatic carbocycles. The molecule has 1 heterocycles. The first-order chi connectivity index (χ1) is 8.48. The normalized spacial score (nSPS) is 14.7. The van der Waals surface area contributed by atoms with Gasteiger partial charge in [0.25, 0.3) is 0 Å². The van der Waals surface area contributed by atoms with Crippen molar-refractivity contribution >= 4 is 0 Å². The molecule has 0 aliphatic heterocycles. The van der Waals surface area contributed by atoms with Crippen molar-refractivity contribution in [1.82, 2.24) is 9.78 Å². The second-order valence-corrected chi connectivity index (χ2v) is 5.80. The molecule has 1 atom stereocenters. The number of nitrogens with zero attached hydrogens (tertiary/aromatic N) is 2. The lowest BCUT2D eigenvalue weighted by Gasteiger charge is -2.25. The second-order valence-electron chi connectivity index (χ2n) is 5.80. The molecule has 18 heavy (non-hydrogen) atoms. The molecule has 1 aromatic heterocycles. The quantitative estimate of drug-likeness (QED) is 0.719. The van der Waals surface area contributed by atoms with E-state index in [0.717, 1.165) is 31.5 Å². The molecule has 1 aromatic rings. The summed E-state index contributed by atoms with van der Waals surface area (Å²) in [5.41, 5.74) is 8.63. The van der Waals surface area contributed by atoms with Crippen LogP contribution in [0.15, 0.2) is 6.07 Å². The Hall–Kier alpha value is -0.830. The topological polar surface area (TPSA) is 43.8 Å². The molecule has 1 unspecified atom stereocenters. The van der Waals surface area contributed by atoms with E-state index < -0.39 is 0 Å². The van der Waals surface area contributed by atoms with Gasteiger partial charge in [-0.2, -0.15) is 5.10 Å². The fraction of sp³-hybridized carbons (Fsp3) is 0.800. The summed E-state index contributed by atoms with van der Waals surface area (Å²) in [5, 5.41) is 4.59. The Morgan fingerprint density at radius 3 is 2.61 bits per heavy atom. The summed E-state index contributed by atoms with van der Waals surface area (Å²) in [5.74, 6) is 0. The third-order valence-corrected chi connectivity index (χ3v) is 3.35. The first-order valence-electron chi connectivity index (χ1n) is 7.30. The van der Waals surface area contributed by atoms with E-state index in [9.17, 15) is 0 Å². The first-order valence-corrected chi connectivity index (χ1v) is 7.30. The lowest BCUT2D eigenvalue weighted by molar-refractivity contribution is 0.342. The Balaban J connectivity index is 2.69. The molecule has 0 fully saturated rings. The largest absolute Gasteiger partial charge is 0.324 e. The zero-order valence-electron chi connectivity index (χ0n) is 12.5. The molecule has 0 aliphatic rings. The Kier molecular flexibility index (Phi) is 5.86. The van der Waals surface area contributed by atoms with Gasteiger partial charge in [-0.05, 0) is 39.2 Å². The molecule has 3 nitrogen and oxygen atoms in total. The van der Waals surface area contributed by atoms with Gasteiger partial charge < -0.3 is 5.73 Å². The predicted octanol–water partition coefficient (Wildman–Crippen LogP) is 3.44. The highest BCUT2D eigenvalue weighted by atomic mass is 15.3. The minimum absolute atomic E-state index is 0.146. The number of nitrogens with two attached hydrogens (primary N) is 1. The van der Waals surface area contributed by atoms with Crippen molar-refractivity contribution in [2.75, 3.05) is 0 Å². The smallest absolute Gasteiger partial charge is 0.0596 e. The summed E-state index contributed by atoms with van der Waals surface area (Å²) in [6.07, 6.45) is 7.09. The maximum atomic E-state index is 6.33. The SMILES string of the molecule is CCCCCc1cc(C)nn1CC(C)(N)CCC. The van der Waals surface area contributed by atoms with Crippen molar-refractivity contribution < 1.29 is 0 Å². The highest BCUT2D eigenvalue weighted by Crippen LogP contribution is 2.15. The van der Waals surface area contributed by atoms with Gasteiger partial charge in [-0.3, -0.25) is 4.68 Å². The Labute approximate surface area is 112 Å². The molecule has 0 radical (unpaired) electrons. The van der Waals surface area contributed by atoms with Crippen LogP contribution in [0.1, 0.15) is 64.3 Å². The average Bonchev–Trinajstić information content (AvgIpc) is 2.58. The summed E-state index contributed by atoms with van der Waals surface area (Å²) >= 11 is 0. The number of unbranched alkanes of at least 4 members (excludes halogenated alkanes) is 2. The minimum Gasteiger partial charge on any atom is -0.324 e. The van der Waals surface area contributed by atoms with Gasteiger partial charge in [-0.25, -0.2) is 0 Å². The summed E-state index contributed by atoms with van der Waals surface area (Å²) < 4.78 is 2.13. The lowest BCUT2D eigenvalue weighted by Crippen LogP contribution is -2.41. The van der Waals surface area contributed by atoms with Crippen molar-refractivity contribution in [2.45, 2.75) is 78.3 Å². The van der Waals surface area contributed by atoms with Gasteiger partial charge >= 0.3 is 0 Å². The minimum atomic E-state index is -0.146. The molecule has 104 valence electrons. The van der Waals surface area contributed by atoms with Gasteiger partial charge in [0.05, 0.1) is 12.2 Å². The summed E-state index contributed by atoms with van der Waals surface area (Å²) in [6, 6.07) is 2.21. The second kappa shape index (κ2) is 6.93. The zero-order chi connectivity index (χ0) is 13.6. The first kappa shape index (κ1) is 15.2. The maximum Gasteiger partial charge on any atom is 0.0596 e. The third-order valence-electron chi connectivity index (χ3n) is 3.35. The Bertz CT molecular complexity index is 353. The van der Waals surface area contributed by atoms with Gasteiger partial charge in [0.2, 0.25) is 0 Å². The van der Waals surface area contributed by atoms with Crippen molar-refractivity contribution in [1.29, 1.82) is 0 Å². The number of aryl methyl sites for hydroxylation is 2. The van der Waals surface area contributed by atoms with Crippen LogP contribution in [0.3, 0.4) is 0 Å². The van der Waals surface area contributed by atoms with Crippen molar-refractivity contribution in [2.24, 2.45) is 5.73 Å². The van der Waals surface area contributed by atoms with Gasteiger partial charge in [-0.15, -0.1) is 0 Å². The van der Waals surface area contributed by atoms with Crippen LogP contribution in [-0.2, 0) is 13.0 Å². The van der Waals surface area contributed by atoms with Gasteiger partial charge in [-0.1, -0.05) is 33.1 Å². The van der Waals surface area contributed by atoms with Crippen LogP contribution < -0.4 is 5.73 Å². The van der Waals surface area contributed by atoms with E-state index in [1.807, 2.05) is 0 Å². The van der Waals surface area contributed by atoms with E-state index in [2.05, 4.69) is 43.5 Å². The number of hydrogen-bond acceptors (Lipinski definition) is 2. The Morgan fingerprint density at radius 2 is 2.00 bits per heavy atom. The van der Waals surface area contributed by atoms with E-state index in [4.69, 9.17) is 5.73 Å². The monoisotopic (exact) mass is 251 g/mol. The van der Waals surface area contributed by atoms with E-state index in [1.54, 1.807) is 0 Å². The van der Waals surface area contributed by atoms with Crippen LogP contribution in [0, 0.1) is 6.92 Å². The van der Waals surface area contributed by atoms with Gasteiger partial charge in [0.15, 0.2) is 0 Å². The molecule has 0 aliphatic carbocycles. The zero-order valence-corrected chi connectivity index (χ0v) is 12.5. The summed E-state index contributed by atoms with van der Waals surface area (Å²) in [4.78, 5) is 0. The molecule has 0 spiro atoms. The molecule has 1 rings (SSSR count). The third kappa shape index (κ3) is 4.81. The molecular weight excluding hydrogens is 222 g/mol. The van der Waals surface area contributed by atoms with Crippen LogP contribution in [0.5, 0.6) is 0 Å². The lowest BCUT2D eigenvalue weighted by atomic mass is 9.97. The molecule has 0 bridgehead atoms. The van der Waals surface area contributed by atoms with E-state index in [0.29, 0.717) is 0 Å². The maximum absolute atomic E-state index is 6.33. The van der Waals surface area contributed by atoms with Crippen molar-refractivity contribution in [3.8, 4) is 0 Å². The van der Waals surface area contributed by atoms with Gasteiger partial charge in [0.1, 0.15) is 0 Å². The summed E-state index contributed by atoms with van der Waals surface area (Å²) in [6.45, 7) is 9.44. The van der Waals surface area contributed by atoms with Crippen molar-refractivity contribution in [3.05, 3.63) is 17.5 Å². The fourth-order valence-electron chi connectivity index (χ4n) is 2.49. The molecule has 0 saturated heterocycles. The molecule has 2 N–H and O–H groups in total. The van der Waals surface area contributed by atoms with Crippen LogP contribution in [-0.4, -0.2) is 15.3 Å². The molecule has 3 heteroatoms. The number of rotatable bonds is 8. The van der Waals surface area contributed by atoms with Crippen LogP contribution in [0.2, 0.25) is 0 Å². The standard InChI is InChI=1S/C15H29N3/c1-5-7-8-9-14-11-13(3)17-18(14)12-15(4,16)10-6-2/h11H,5-10,12,16H2,1-4H3. The predicted molar refractivity (Wildman–Crippen MR) is 77.7 cm³/mol. The highest BCUT2D eigenvalue weighted by Gasteiger charge is 2.20. The molecule has 0 amide bonds. The molecular formula is C15H29N3. The fourth-order valence-corrected chi connectivity index (χ4v) is 2.49. The van der Waals surface area contributed by atoms with E-state index >= 15 is 0 Å². The summed E-state index contributed by atoms with van der Waals surface area (Å²) in [7, 11) is 0. The van der Waals surface area contributed by atoms with Crippen molar-refractivity contribution in [3.63, 3.8) is 0 Å². The Morgan fingerprint density at radius 1 is 1.28 bits per heavy atom. The number of hydrogen-bond donors (Lipinski definition) is 1. The van der Waals surface area contributed by atoms with E-state index in [1.165, 1.54) is 25.0 Å². The van der Waals surface area contributed by atoms with Gasteiger partial charge in [0, 0.05) is 11.2 Å². The average molecular weight is 251 g/mol. The molecule has 0 saturated carbocycles. The van der Waals surface area contributed by atoms with E-state index in [-0.39, 0.29) is 5.54 Å². The number of aromatic nitrogens is 2. The van der Waals surface area contributed by atoms with Crippen LogP contribution >= 0.6 is 0 Å². The highest BCUT2D eigenvalue weighted by molar-refractivity contribution is 5.09. The van der Waals surface area contributed by atoms with Crippen LogP contribution in [0.4, 0.5) is 0 Å².